The largest absolute Gasteiger partial charge is 0.488 e. The number of aromatic nitrogens is 1. The molecular formula is C31H37F3N6O6. The van der Waals surface area contributed by atoms with Gasteiger partial charge < -0.3 is 40.1 Å². The van der Waals surface area contributed by atoms with Gasteiger partial charge in [0.15, 0.2) is 5.76 Å². The Morgan fingerprint density at radius 1 is 1.11 bits per heavy atom. The molecule has 2 heterocycles. The van der Waals surface area contributed by atoms with E-state index in [0.717, 1.165) is 12.1 Å². The molecule has 2 aromatic carbocycles. The minimum atomic E-state index is -4.50. The lowest BCUT2D eigenvalue weighted by atomic mass is 10.0. The molecule has 4 N–H and O–H groups in total. The highest BCUT2D eigenvalue weighted by atomic mass is 19.4. The van der Waals surface area contributed by atoms with Crippen LogP contribution in [0.3, 0.4) is 0 Å². The number of anilines is 3. The van der Waals surface area contributed by atoms with E-state index in [-0.39, 0.29) is 43.6 Å². The molecule has 3 aromatic rings. The maximum Gasteiger partial charge on any atom is 0.416 e. The van der Waals surface area contributed by atoms with Gasteiger partial charge in [0.25, 0.3) is 0 Å². The number of aliphatic hydroxyl groups is 1. The van der Waals surface area contributed by atoms with Gasteiger partial charge in [-0.15, -0.1) is 0 Å². The molecule has 1 aliphatic heterocycles. The number of hydrogen-bond donors (Lipinski definition) is 4. The first-order valence-electron chi connectivity index (χ1n) is 14.6. The summed E-state index contributed by atoms with van der Waals surface area (Å²) in [6, 6.07) is 7.35. The second-order valence-electron chi connectivity index (χ2n) is 11.4. The molecular weight excluding hydrogens is 609 g/mol. The summed E-state index contributed by atoms with van der Waals surface area (Å²) in [5.41, 5.74) is 1.17. The average molecular weight is 647 g/mol. The van der Waals surface area contributed by atoms with E-state index in [2.05, 4.69) is 21.1 Å². The van der Waals surface area contributed by atoms with Crippen LogP contribution < -0.4 is 20.7 Å². The zero-order valence-corrected chi connectivity index (χ0v) is 26.1. The topological polar surface area (TPSA) is 149 Å². The predicted molar refractivity (Wildman–Crippen MR) is 164 cm³/mol. The number of benzene rings is 2. The van der Waals surface area contributed by atoms with Gasteiger partial charge in [0.1, 0.15) is 23.2 Å². The van der Waals surface area contributed by atoms with Crippen LogP contribution in [-0.4, -0.2) is 76.9 Å². The molecule has 5 amide bonds. The number of fused-ring (bicyclic) bond motifs is 1. The van der Waals surface area contributed by atoms with Crippen molar-refractivity contribution in [3.8, 4) is 5.75 Å². The number of amides is 5. The number of aryl methyl sites for hydroxylation is 2. The first-order chi connectivity index (χ1) is 21.7. The minimum Gasteiger partial charge on any atom is -0.488 e. The predicted octanol–water partition coefficient (Wildman–Crippen LogP) is 5.27. The van der Waals surface area contributed by atoms with Gasteiger partial charge in [-0.3, -0.25) is 4.79 Å². The summed E-state index contributed by atoms with van der Waals surface area (Å²) < 4.78 is 50.3. The molecule has 0 spiro atoms. The van der Waals surface area contributed by atoms with Gasteiger partial charge in [0, 0.05) is 36.4 Å². The number of nitrogens with zero attached hydrogens (tertiary/aromatic N) is 3. The molecule has 4 rings (SSSR count). The third-order valence-electron chi connectivity index (χ3n) is 7.71. The van der Waals surface area contributed by atoms with Crippen LogP contribution >= 0.6 is 0 Å². The molecule has 0 aliphatic carbocycles. The van der Waals surface area contributed by atoms with E-state index in [4.69, 9.17) is 9.26 Å². The summed E-state index contributed by atoms with van der Waals surface area (Å²) in [5, 5.41) is 21.7. The van der Waals surface area contributed by atoms with E-state index in [1.807, 2.05) is 6.92 Å². The van der Waals surface area contributed by atoms with E-state index in [0.29, 0.717) is 34.1 Å². The van der Waals surface area contributed by atoms with Crippen molar-refractivity contribution in [2.24, 2.45) is 5.92 Å². The van der Waals surface area contributed by atoms with Gasteiger partial charge in [0.2, 0.25) is 5.91 Å². The highest BCUT2D eigenvalue weighted by Crippen LogP contribution is 2.31. The number of nitrogens with one attached hydrogen (secondary N) is 3. The number of aliphatic hydroxyl groups excluding tert-OH is 1. The fourth-order valence-electron chi connectivity index (χ4n) is 4.98. The van der Waals surface area contributed by atoms with E-state index in [9.17, 15) is 32.7 Å². The first-order valence-corrected chi connectivity index (χ1v) is 14.6. The SMILES string of the molecule is Cc1noc(C)c1NC(=O)Nc1ccc2c(c1)CC(=O)N([C@@H](C)CO)C[C@@H](C)[C@@H](CN(C)C(=O)Nc1ccc(C(F)(F)F)cc1)O2. The van der Waals surface area contributed by atoms with Crippen molar-refractivity contribution in [1.82, 2.24) is 15.0 Å². The molecule has 0 saturated carbocycles. The summed E-state index contributed by atoms with van der Waals surface area (Å²) in [6.45, 7) is 6.95. The third-order valence-corrected chi connectivity index (χ3v) is 7.71. The quantitative estimate of drug-likeness (QED) is 0.273. The van der Waals surface area contributed by atoms with Crippen molar-refractivity contribution < 1.29 is 41.9 Å². The smallest absolute Gasteiger partial charge is 0.416 e. The molecule has 1 aromatic heterocycles. The van der Waals surface area contributed by atoms with Crippen LogP contribution in [0.2, 0.25) is 0 Å². The summed E-state index contributed by atoms with van der Waals surface area (Å²) in [4.78, 5) is 42.1. The van der Waals surface area contributed by atoms with Crippen LogP contribution in [-0.2, 0) is 17.4 Å². The molecule has 248 valence electrons. The first kappa shape index (κ1) is 34.1. The summed E-state index contributed by atoms with van der Waals surface area (Å²) >= 11 is 0. The summed E-state index contributed by atoms with van der Waals surface area (Å²) in [5.74, 6) is 0.239. The Morgan fingerprint density at radius 3 is 2.39 bits per heavy atom. The van der Waals surface area contributed by atoms with Crippen molar-refractivity contribution >= 4 is 35.0 Å². The summed E-state index contributed by atoms with van der Waals surface area (Å²) in [6.07, 6.45) is -5.21. The molecule has 0 bridgehead atoms. The van der Waals surface area contributed by atoms with Crippen molar-refractivity contribution in [2.75, 3.05) is 42.7 Å². The highest BCUT2D eigenvalue weighted by molar-refractivity contribution is 6.00. The van der Waals surface area contributed by atoms with Crippen LogP contribution in [0.4, 0.5) is 39.8 Å². The van der Waals surface area contributed by atoms with E-state index >= 15 is 0 Å². The van der Waals surface area contributed by atoms with Gasteiger partial charge in [-0.25, -0.2) is 9.59 Å². The van der Waals surface area contributed by atoms with Gasteiger partial charge in [-0.1, -0.05) is 12.1 Å². The number of rotatable bonds is 7. The number of urea groups is 2. The number of likely N-dealkylation sites (N-methyl/N-ethyl adjacent to an activating group) is 1. The summed E-state index contributed by atoms with van der Waals surface area (Å²) in [7, 11) is 1.52. The molecule has 3 atom stereocenters. The van der Waals surface area contributed by atoms with Gasteiger partial charge in [0.05, 0.1) is 31.2 Å². The lowest BCUT2D eigenvalue weighted by Crippen LogP contribution is -2.48. The fourth-order valence-corrected chi connectivity index (χ4v) is 4.98. The highest BCUT2D eigenvalue weighted by Gasteiger charge is 2.33. The lowest BCUT2D eigenvalue weighted by molar-refractivity contribution is -0.137. The Bertz CT molecular complexity index is 1540. The molecule has 0 saturated heterocycles. The number of carbonyl (C=O) groups excluding carboxylic acids is 3. The monoisotopic (exact) mass is 646 g/mol. The molecule has 0 unspecified atom stereocenters. The minimum absolute atomic E-state index is 0.0580. The average Bonchev–Trinajstić information content (AvgIpc) is 3.33. The molecule has 46 heavy (non-hydrogen) atoms. The van der Waals surface area contributed by atoms with Crippen LogP contribution in [0.5, 0.6) is 5.75 Å². The Labute approximate surface area is 263 Å². The molecule has 0 radical (unpaired) electrons. The van der Waals surface area contributed by atoms with Crippen molar-refractivity contribution in [2.45, 2.75) is 52.4 Å². The standard InChI is InChI=1S/C31H37F3N6O6/c1-17-14-40(18(2)16-41)27(42)13-21-12-24(35-29(43)37-28-19(3)38-46-20(28)4)10-11-25(21)45-26(17)15-39(5)30(44)36-23-8-6-22(7-9-23)31(32,33)34/h6-12,17-18,26,41H,13-16H2,1-5H3,(H,36,44)(H2,35,37,43)/t17-,18+,26-/m1/s1. The Balaban J connectivity index is 1.54. The molecule has 1 aliphatic rings. The van der Waals surface area contributed by atoms with Crippen LogP contribution in [0.1, 0.15) is 36.4 Å². The van der Waals surface area contributed by atoms with Crippen LogP contribution in [0.15, 0.2) is 47.0 Å². The van der Waals surface area contributed by atoms with Crippen LogP contribution in [0.25, 0.3) is 0 Å². The second-order valence-corrected chi connectivity index (χ2v) is 11.4. The zero-order chi connectivity index (χ0) is 33.8. The number of carbonyl (C=O) groups is 3. The third kappa shape index (κ3) is 8.27. The normalized spacial score (nSPS) is 17.5. The maximum absolute atomic E-state index is 13.5. The Morgan fingerprint density at radius 2 is 1.78 bits per heavy atom. The van der Waals surface area contributed by atoms with Crippen molar-refractivity contribution in [3.05, 3.63) is 65.0 Å². The Hall–Kier alpha value is -4.79. The van der Waals surface area contributed by atoms with Crippen molar-refractivity contribution in [1.29, 1.82) is 0 Å². The maximum atomic E-state index is 13.5. The van der Waals surface area contributed by atoms with Crippen LogP contribution in [0, 0.1) is 19.8 Å². The fraction of sp³-hybridized carbons (Fsp3) is 0.419. The molecule has 12 nitrogen and oxygen atoms in total. The van der Waals surface area contributed by atoms with Gasteiger partial charge in [-0.2, -0.15) is 13.2 Å². The lowest BCUT2D eigenvalue weighted by Gasteiger charge is -2.34. The Kier molecular flexibility index (Phi) is 10.5. The number of alkyl halides is 3. The zero-order valence-electron chi connectivity index (χ0n) is 26.1. The van der Waals surface area contributed by atoms with E-state index in [1.165, 1.54) is 24.1 Å². The van der Waals surface area contributed by atoms with E-state index < -0.39 is 35.9 Å². The van der Waals surface area contributed by atoms with Gasteiger partial charge in [-0.05, 0) is 63.2 Å². The molecule has 15 heteroatoms. The molecule has 0 fully saturated rings. The second kappa shape index (κ2) is 14.1. The number of hydrogen-bond acceptors (Lipinski definition) is 7. The van der Waals surface area contributed by atoms with E-state index in [1.54, 1.807) is 43.9 Å². The van der Waals surface area contributed by atoms with Gasteiger partial charge >= 0.3 is 18.2 Å². The number of ether oxygens (including phenoxy) is 1. The van der Waals surface area contributed by atoms with Crippen molar-refractivity contribution in [3.63, 3.8) is 0 Å². The number of halogens is 3.